The first-order valence-corrected chi connectivity index (χ1v) is 10.3. The Labute approximate surface area is 175 Å². The molecule has 1 saturated carbocycles. The van der Waals surface area contributed by atoms with Crippen LogP contribution < -0.4 is 11.1 Å². The van der Waals surface area contributed by atoms with Crippen molar-refractivity contribution in [2.24, 2.45) is 23.5 Å². The monoisotopic (exact) mass is 445 g/mol. The molecule has 3 N–H and O–H groups in total. The molecule has 2 fully saturated rings. The Balaban J connectivity index is 1.47. The van der Waals surface area contributed by atoms with Crippen molar-refractivity contribution >= 4 is 11.6 Å². The van der Waals surface area contributed by atoms with Crippen molar-refractivity contribution in [2.45, 2.75) is 56.7 Å². The minimum Gasteiger partial charge on any atom is -0.355 e. The highest BCUT2D eigenvalue weighted by atomic mass is 19.4. The van der Waals surface area contributed by atoms with Crippen LogP contribution in [0.1, 0.15) is 49.4 Å². The van der Waals surface area contributed by atoms with Crippen LogP contribution in [0.5, 0.6) is 0 Å². The van der Waals surface area contributed by atoms with E-state index in [2.05, 4.69) is 15.4 Å². The first-order chi connectivity index (χ1) is 14.5. The average Bonchev–Trinajstić information content (AvgIpc) is 3.11. The van der Waals surface area contributed by atoms with E-state index in [1.807, 2.05) is 0 Å². The standard InChI is InChI=1S/C20H24F5N5O/c21-19(22)3-1-12(2-4-19)17(26)15-10-30-16(29-15)6-11(8-28-30)5-13-7-14(20(23,24)25)9-27-18(13)31/h6,8,10,12-14,17H,1-5,7,9,26H2,(H,27,31)/t13-,14?,17+/m1/s1. The Morgan fingerprint density at radius 2 is 2.00 bits per heavy atom. The summed E-state index contributed by atoms with van der Waals surface area (Å²) in [5, 5.41) is 6.57. The van der Waals surface area contributed by atoms with Gasteiger partial charge in [-0.05, 0) is 43.2 Å². The summed E-state index contributed by atoms with van der Waals surface area (Å²) in [5.74, 6) is -5.51. The highest BCUT2D eigenvalue weighted by Gasteiger charge is 2.44. The SMILES string of the molecule is N[C@H](c1cn2ncc(C[C@@H]3CC(C(F)(F)F)CNC3=O)cc2n1)C1CCC(F)(F)CC1. The number of nitrogens with two attached hydrogens (primary N) is 1. The third-order valence-corrected chi connectivity index (χ3v) is 6.41. The van der Waals surface area contributed by atoms with E-state index in [1.165, 1.54) is 10.7 Å². The zero-order valence-corrected chi connectivity index (χ0v) is 16.7. The van der Waals surface area contributed by atoms with Crippen molar-refractivity contribution in [1.29, 1.82) is 0 Å². The molecule has 1 unspecified atom stereocenters. The minimum absolute atomic E-state index is 0.103. The Hall–Kier alpha value is -2.30. The lowest BCUT2D eigenvalue weighted by atomic mass is 9.81. The van der Waals surface area contributed by atoms with Crippen LogP contribution in [-0.2, 0) is 11.2 Å². The van der Waals surface area contributed by atoms with Gasteiger partial charge in [0.1, 0.15) is 0 Å². The van der Waals surface area contributed by atoms with E-state index in [1.54, 1.807) is 12.3 Å². The van der Waals surface area contributed by atoms with Crippen molar-refractivity contribution in [3.8, 4) is 0 Å². The highest BCUT2D eigenvalue weighted by molar-refractivity contribution is 5.79. The molecule has 3 atom stereocenters. The molecule has 0 aromatic carbocycles. The van der Waals surface area contributed by atoms with Crippen molar-refractivity contribution in [3.05, 3.63) is 29.7 Å². The summed E-state index contributed by atoms with van der Waals surface area (Å²) in [6.45, 7) is -0.398. The maximum atomic E-state index is 13.4. The molecule has 1 aliphatic heterocycles. The second kappa shape index (κ2) is 7.99. The van der Waals surface area contributed by atoms with E-state index < -0.39 is 42.4 Å². The third kappa shape index (κ3) is 4.81. The van der Waals surface area contributed by atoms with E-state index in [4.69, 9.17) is 5.73 Å². The number of carbonyl (C=O) groups is 1. The Morgan fingerprint density at radius 3 is 2.68 bits per heavy atom. The summed E-state index contributed by atoms with van der Waals surface area (Å²) < 4.78 is 67.4. The van der Waals surface area contributed by atoms with E-state index in [0.29, 0.717) is 29.7 Å². The molecule has 11 heteroatoms. The summed E-state index contributed by atoms with van der Waals surface area (Å²) in [5.41, 5.74) is 7.86. The number of alkyl halides is 5. The van der Waals surface area contributed by atoms with Gasteiger partial charge in [-0.15, -0.1) is 0 Å². The zero-order valence-electron chi connectivity index (χ0n) is 16.7. The number of imidazole rings is 1. The van der Waals surface area contributed by atoms with Crippen LogP contribution in [0.4, 0.5) is 22.0 Å². The Kier molecular flexibility index (Phi) is 5.65. The Morgan fingerprint density at radius 1 is 1.29 bits per heavy atom. The third-order valence-electron chi connectivity index (χ3n) is 6.41. The van der Waals surface area contributed by atoms with Gasteiger partial charge in [0.15, 0.2) is 5.65 Å². The average molecular weight is 445 g/mol. The van der Waals surface area contributed by atoms with Gasteiger partial charge in [0.25, 0.3) is 0 Å². The number of nitrogens with one attached hydrogen (secondary N) is 1. The summed E-state index contributed by atoms with van der Waals surface area (Å²) >= 11 is 0. The van der Waals surface area contributed by atoms with E-state index >= 15 is 0 Å². The molecule has 6 nitrogen and oxygen atoms in total. The molecule has 2 aliphatic rings. The maximum absolute atomic E-state index is 13.4. The second-order valence-electron chi connectivity index (χ2n) is 8.67. The summed E-state index contributed by atoms with van der Waals surface area (Å²) in [6, 6.07) is 1.17. The fraction of sp³-hybridized carbons (Fsp3) is 0.650. The molecule has 2 aromatic heterocycles. The maximum Gasteiger partial charge on any atom is 0.393 e. The van der Waals surface area contributed by atoms with Crippen LogP contribution in [0.25, 0.3) is 5.65 Å². The van der Waals surface area contributed by atoms with Crippen LogP contribution in [0.15, 0.2) is 18.5 Å². The van der Waals surface area contributed by atoms with Gasteiger partial charge >= 0.3 is 6.18 Å². The second-order valence-corrected chi connectivity index (χ2v) is 8.67. The van der Waals surface area contributed by atoms with Crippen LogP contribution in [0.3, 0.4) is 0 Å². The largest absolute Gasteiger partial charge is 0.393 e. The molecule has 0 spiro atoms. The number of amides is 1. The molecule has 170 valence electrons. The molecule has 0 bridgehead atoms. The highest BCUT2D eigenvalue weighted by Crippen LogP contribution is 2.40. The number of halogens is 5. The topological polar surface area (TPSA) is 85.3 Å². The van der Waals surface area contributed by atoms with Crippen molar-refractivity contribution < 1.29 is 26.7 Å². The molecular weight excluding hydrogens is 421 g/mol. The van der Waals surface area contributed by atoms with Crippen LogP contribution >= 0.6 is 0 Å². The van der Waals surface area contributed by atoms with E-state index in [9.17, 15) is 26.7 Å². The molecule has 0 radical (unpaired) electrons. The predicted molar refractivity (Wildman–Crippen MR) is 101 cm³/mol. The van der Waals surface area contributed by atoms with Gasteiger partial charge in [-0.25, -0.2) is 18.3 Å². The normalized spacial score (nSPS) is 26.1. The number of piperidine rings is 1. The van der Waals surface area contributed by atoms with Crippen molar-refractivity contribution in [3.63, 3.8) is 0 Å². The van der Waals surface area contributed by atoms with Gasteiger partial charge in [-0.2, -0.15) is 18.3 Å². The van der Waals surface area contributed by atoms with Crippen LogP contribution in [0, 0.1) is 17.8 Å². The predicted octanol–water partition coefficient (Wildman–Crippen LogP) is 3.41. The lowest BCUT2D eigenvalue weighted by molar-refractivity contribution is -0.183. The fourth-order valence-electron chi connectivity index (χ4n) is 4.48. The summed E-state index contributed by atoms with van der Waals surface area (Å²) in [7, 11) is 0. The molecular formula is C20H24F5N5O. The molecule has 4 rings (SSSR count). The van der Waals surface area contributed by atoms with E-state index in [0.717, 1.165) is 0 Å². The van der Waals surface area contributed by atoms with Gasteiger partial charge in [0.2, 0.25) is 11.8 Å². The minimum atomic E-state index is -4.36. The lowest BCUT2D eigenvalue weighted by Gasteiger charge is -2.31. The zero-order chi connectivity index (χ0) is 22.4. The van der Waals surface area contributed by atoms with Gasteiger partial charge in [-0.1, -0.05) is 0 Å². The number of hydrogen-bond acceptors (Lipinski definition) is 4. The molecule has 1 amide bonds. The molecule has 1 saturated heterocycles. The van der Waals surface area contributed by atoms with Gasteiger partial charge < -0.3 is 11.1 Å². The smallest absolute Gasteiger partial charge is 0.355 e. The number of nitrogens with zero attached hydrogens (tertiary/aromatic N) is 3. The number of aromatic nitrogens is 3. The van der Waals surface area contributed by atoms with Gasteiger partial charge in [0.05, 0.1) is 30.0 Å². The van der Waals surface area contributed by atoms with Crippen molar-refractivity contribution in [2.75, 3.05) is 6.54 Å². The van der Waals surface area contributed by atoms with Crippen LogP contribution in [0.2, 0.25) is 0 Å². The molecule has 3 heterocycles. The van der Waals surface area contributed by atoms with Crippen LogP contribution in [-0.4, -0.2) is 39.1 Å². The van der Waals surface area contributed by atoms with Gasteiger partial charge in [0, 0.05) is 25.3 Å². The molecule has 31 heavy (non-hydrogen) atoms. The number of fused-ring (bicyclic) bond motifs is 1. The quantitative estimate of drug-likeness (QED) is 0.707. The Bertz CT molecular complexity index is 949. The number of rotatable bonds is 4. The number of hydrogen-bond donors (Lipinski definition) is 2. The lowest BCUT2D eigenvalue weighted by Crippen LogP contribution is -2.47. The van der Waals surface area contributed by atoms with E-state index in [-0.39, 0.29) is 31.6 Å². The fourth-order valence-corrected chi connectivity index (χ4v) is 4.48. The number of carbonyl (C=O) groups excluding carboxylic acids is 1. The first kappa shape index (κ1) is 21.9. The van der Waals surface area contributed by atoms with Crippen molar-refractivity contribution in [1.82, 2.24) is 19.9 Å². The molecule has 1 aliphatic carbocycles. The summed E-state index contributed by atoms with van der Waals surface area (Å²) in [6.07, 6.45) is -1.11. The first-order valence-electron chi connectivity index (χ1n) is 10.3. The van der Waals surface area contributed by atoms with Gasteiger partial charge in [-0.3, -0.25) is 4.79 Å². The summed E-state index contributed by atoms with van der Waals surface area (Å²) in [4.78, 5) is 16.5. The molecule has 2 aromatic rings.